The summed E-state index contributed by atoms with van der Waals surface area (Å²) in [5.41, 5.74) is 0.596. The molecule has 160 valence electrons. The number of benzene rings is 2. The lowest BCUT2D eigenvalue weighted by Crippen LogP contribution is -2.31. The molecule has 0 fully saturated rings. The Morgan fingerprint density at radius 1 is 0.900 bits per heavy atom. The maximum atomic E-state index is 12.7. The number of carbonyl (C=O) groups is 2. The molecule has 30 heavy (non-hydrogen) atoms. The number of carbonyl (C=O) groups excluding carboxylic acids is 2. The minimum atomic E-state index is -1.38. The van der Waals surface area contributed by atoms with Crippen molar-refractivity contribution < 1.29 is 28.5 Å². The normalized spacial score (nSPS) is 11.7. The van der Waals surface area contributed by atoms with Gasteiger partial charge >= 0.3 is 0 Å². The van der Waals surface area contributed by atoms with Crippen molar-refractivity contribution >= 4 is 34.7 Å². The number of hydrogen-bond donors (Lipinski definition) is 1. The van der Waals surface area contributed by atoms with Crippen molar-refractivity contribution in [2.75, 3.05) is 33.8 Å². The van der Waals surface area contributed by atoms with Gasteiger partial charge in [0, 0.05) is 30.3 Å². The minimum Gasteiger partial charge on any atom is -0.497 e. The summed E-state index contributed by atoms with van der Waals surface area (Å²) < 4.78 is 20.7. The number of azo groups is 1. The first kappa shape index (κ1) is 23.0. The first-order valence-corrected chi connectivity index (χ1v) is 9.07. The van der Waals surface area contributed by atoms with Gasteiger partial charge in [-0.05, 0) is 6.92 Å². The number of anilines is 1. The molecular formula is C20H22ClN3O6. The molecule has 0 saturated heterocycles. The van der Waals surface area contributed by atoms with Gasteiger partial charge in [0.2, 0.25) is 6.04 Å². The van der Waals surface area contributed by atoms with Crippen LogP contribution in [0.5, 0.6) is 23.0 Å². The van der Waals surface area contributed by atoms with E-state index < -0.39 is 17.7 Å². The van der Waals surface area contributed by atoms with Crippen molar-refractivity contribution in [1.29, 1.82) is 0 Å². The molecule has 1 unspecified atom stereocenters. The Labute approximate surface area is 178 Å². The van der Waals surface area contributed by atoms with Crippen molar-refractivity contribution in [2.45, 2.75) is 13.0 Å². The standard InChI is InChI=1S/C20H22ClN3O6/c1-11(25)19(24-23-12-6-13(27-2)8-14(7-12)28-3)20(26)22-16-10-18(30-5)17(29-4)9-15(16)21/h6-10,19H,1-5H3,(H,22,26). The van der Waals surface area contributed by atoms with Crippen LogP contribution < -0.4 is 24.3 Å². The molecule has 0 radical (unpaired) electrons. The molecule has 10 heteroatoms. The minimum absolute atomic E-state index is 0.206. The van der Waals surface area contributed by atoms with E-state index in [4.69, 9.17) is 30.5 Å². The third-order valence-corrected chi connectivity index (χ3v) is 4.30. The van der Waals surface area contributed by atoms with Gasteiger partial charge in [-0.15, -0.1) is 0 Å². The molecule has 2 aromatic carbocycles. The highest BCUT2D eigenvalue weighted by molar-refractivity contribution is 6.34. The van der Waals surface area contributed by atoms with Crippen LogP contribution in [0.25, 0.3) is 0 Å². The number of ketones is 1. The van der Waals surface area contributed by atoms with Crippen molar-refractivity contribution in [2.24, 2.45) is 10.2 Å². The monoisotopic (exact) mass is 435 g/mol. The summed E-state index contributed by atoms with van der Waals surface area (Å²) in [7, 11) is 5.90. The molecule has 0 aliphatic carbocycles. The van der Waals surface area contributed by atoms with Gasteiger partial charge in [0.25, 0.3) is 5.91 Å². The van der Waals surface area contributed by atoms with Crippen molar-refractivity contribution in [1.82, 2.24) is 0 Å². The predicted octanol–water partition coefficient (Wildman–Crippen LogP) is 4.05. The fourth-order valence-corrected chi connectivity index (χ4v) is 2.64. The van der Waals surface area contributed by atoms with Crippen LogP contribution in [-0.2, 0) is 9.59 Å². The highest BCUT2D eigenvalue weighted by Crippen LogP contribution is 2.36. The average molecular weight is 436 g/mol. The molecule has 2 rings (SSSR count). The lowest BCUT2D eigenvalue weighted by molar-refractivity contribution is -0.126. The number of Topliss-reactive ketones (excluding diaryl/α,β-unsaturated/α-hetero) is 1. The van der Waals surface area contributed by atoms with E-state index in [0.717, 1.165) is 0 Å². The summed E-state index contributed by atoms with van der Waals surface area (Å²) >= 11 is 6.19. The van der Waals surface area contributed by atoms with Crippen LogP contribution >= 0.6 is 11.6 Å². The number of methoxy groups -OCH3 is 4. The second-order valence-corrected chi connectivity index (χ2v) is 6.38. The number of amides is 1. The Kier molecular flexibility index (Phi) is 7.99. The zero-order valence-electron chi connectivity index (χ0n) is 17.2. The van der Waals surface area contributed by atoms with Gasteiger partial charge in [0.1, 0.15) is 11.5 Å². The van der Waals surface area contributed by atoms with E-state index in [2.05, 4.69) is 15.5 Å². The highest BCUT2D eigenvalue weighted by Gasteiger charge is 2.24. The molecule has 0 heterocycles. The van der Waals surface area contributed by atoms with Gasteiger partial charge in [-0.2, -0.15) is 10.2 Å². The van der Waals surface area contributed by atoms with Crippen LogP contribution in [0, 0.1) is 0 Å². The molecule has 9 nitrogen and oxygen atoms in total. The summed E-state index contributed by atoms with van der Waals surface area (Å²) in [5, 5.41) is 10.7. The SMILES string of the molecule is COc1cc(N=NC(C(C)=O)C(=O)Nc2cc(OC)c(OC)cc2Cl)cc(OC)c1. The molecule has 1 N–H and O–H groups in total. The van der Waals surface area contributed by atoms with Crippen molar-refractivity contribution in [3.05, 3.63) is 35.4 Å². The lowest BCUT2D eigenvalue weighted by Gasteiger charge is -2.14. The quantitative estimate of drug-likeness (QED) is 0.470. The Bertz CT molecular complexity index is 942. The van der Waals surface area contributed by atoms with E-state index >= 15 is 0 Å². The van der Waals surface area contributed by atoms with Crippen molar-refractivity contribution in [3.8, 4) is 23.0 Å². The number of ether oxygens (including phenoxy) is 4. The van der Waals surface area contributed by atoms with E-state index in [-0.39, 0.29) is 10.7 Å². The van der Waals surface area contributed by atoms with Gasteiger partial charge in [-0.1, -0.05) is 11.6 Å². The molecule has 0 aliphatic rings. The summed E-state index contributed by atoms with van der Waals surface area (Å²) in [6.45, 7) is 1.24. The topological polar surface area (TPSA) is 108 Å². The molecule has 1 atom stereocenters. The van der Waals surface area contributed by atoms with Gasteiger partial charge in [0.15, 0.2) is 17.3 Å². The zero-order chi connectivity index (χ0) is 22.3. The van der Waals surface area contributed by atoms with Crippen LogP contribution in [0.3, 0.4) is 0 Å². The first-order chi connectivity index (χ1) is 14.3. The van der Waals surface area contributed by atoms with Crippen LogP contribution in [0.2, 0.25) is 5.02 Å². The summed E-state index contributed by atoms with van der Waals surface area (Å²) in [6.07, 6.45) is 0. The van der Waals surface area contributed by atoms with Crippen LogP contribution in [0.4, 0.5) is 11.4 Å². The van der Waals surface area contributed by atoms with Gasteiger partial charge in [0.05, 0.1) is 44.8 Å². The number of hydrogen-bond acceptors (Lipinski definition) is 8. The molecular weight excluding hydrogens is 414 g/mol. The van der Waals surface area contributed by atoms with E-state index in [1.165, 1.54) is 47.5 Å². The molecule has 0 aliphatic heterocycles. The summed E-state index contributed by atoms with van der Waals surface area (Å²) in [5.74, 6) is 0.545. The Morgan fingerprint density at radius 2 is 1.47 bits per heavy atom. The molecule has 0 aromatic heterocycles. The van der Waals surface area contributed by atoms with Crippen LogP contribution in [0.15, 0.2) is 40.6 Å². The fourth-order valence-electron chi connectivity index (χ4n) is 2.44. The predicted molar refractivity (Wildman–Crippen MR) is 112 cm³/mol. The van der Waals surface area contributed by atoms with E-state index in [0.29, 0.717) is 28.7 Å². The van der Waals surface area contributed by atoms with E-state index in [1.54, 1.807) is 18.2 Å². The maximum absolute atomic E-state index is 12.7. The molecule has 0 spiro atoms. The summed E-state index contributed by atoms with van der Waals surface area (Å²) in [4.78, 5) is 24.7. The van der Waals surface area contributed by atoms with Crippen LogP contribution in [0.1, 0.15) is 6.92 Å². The van der Waals surface area contributed by atoms with Gasteiger partial charge in [-0.25, -0.2) is 0 Å². The number of nitrogens with one attached hydrogen (secondary N) is 1. The highest BCUT2D eigenvalue weighted by atomic mass is 35.5. The number of rotatable bonds is 9. The summed E-state index contributed by atoms with van der Waals surface area (Å²) in [6, 6.07) is 6.43. The Balaban J connectivity index is 2.28. The number of halogens is 1. The molecule has 2 aromatic rings. The average Bonchev–Trinajstić information content (AvgIpc) is 2.74. The number of nitrogens with zero attached hydrogens (tertiary/aromatic N) is 2. The molecule has 0 bridgehead atoms. The Morgan fingerprint density at radius 3 is 1.97 bits per heavy atom. The van der Waals surface area contributed by atoms with Gasteiger partial charge in [-0.3, -0.25) is 9.59 Å². The third kappa shape index (κ3) is 5.60. The second kappa shape index (κ2) is 10.4. The van der Waals surface area contributed by atoms with Gasteiger partial charge < -0.3 is 24.3 Å². The molecule has 1 amide bonds. The van der Waals surface area contributed by atoms with Crippen LogP contribution in [-0.4, -0.2) is 46.2 Å². The van der Waals surface area contributed by atoms with Crippen molar-refractivity contribution in [3.63, 3.8) is 0 Å². The third-order valence-electron chi connectivity index (χ3n) is 3.99. The van der Waals surface area contributed by atoms with E-state index in [1.807, 2.05) is 0 Å². The maximum Gasteiger partial charge on any atom is 0.258 e. The Hall–Kier alpha value is -3.33. The lowest BCUT2D eigenvalue weighted by atomic mass is 10.2. The first-order valence-electron chi connectivity index (χ1n) is 8.69. The van der Waals surface area contributed by atoms with E-state index in [9.17, 15) is 9.59 Å². The fraction of sp³-hybridized carbons (Fsp3) is 0.300. The second-order valence-electron chi connectivity index (χ2n) is 5.98. The smallest absolute Gasteiger partial charge is 0.258 e. The zero-order valence-corrected chi connectivity index (χ0v) is 17.9. The molecule has 0 saturated carbocycles. The largest absolute Gasteiger partial charge is 0.497 e.